The number of thiophene rings is 1. The molecule has 23 heavy (non-hydrogen) atoms. The summed E-state index contributed by atoms with van der Waals surface area (Å²) in [5.41, 5.74) is 3.86. The number of benzene rings is 1. The Kier molecular flexibility index (Phi) is 4.33. The highest BCUT2D eigenvalue weighted by Gasteiger charge is 2.19. The van der Waals surface area contributed by atoms with E-state index in [0.717, 1.165) is 22.2 Å². The molecule has 0 aliphatic heterocycles. The van der Waals surface area contributed by atoms with Gasteiger partial charge >= 0.3 is 5.97 Å². The Balaban J connectivity index is 2.23. The van der Waals surface area contributed by atoms with Crippen LogP contribution in [0.15, 0.2) is 29.0 Å². The lowest BCUT2D eigenvalue weighted by Crippen LogP contribution is -2.04. The van der Waals surface area contributed by atoms with E-state index in [9.17, 15) is 9.90 Å². The van der Waals surface area contributed by atoms with E-state index in [1.165, 1.54) is 5.56 Å². The zero-order valence-corrected chi connectivity index (χ0v) is 14.4. The van der Waals surface area contributed by atoms with E-state index in [0.29, 0.717) is 17.3 Å². The van der Waals surface area contributed by atoms with Crippen LogP contribution in [-0.2, 0) is 17.8 Å². The molecule has 0 bridgehead atoms. The molecule has 1 N–H and O–H groups in total. The Morgan fingerprint density at radius 3 is 2.83 bits per heavy atom. The van der Waals surface area contributed by atoms with Crippen molar-refractivity contribution in [2.45, 2.75) is 19.9 Å². The molecular formula is C17H16ClNO3S. The highest BCUT2D eigenvalue weighted by atomic mass is 35.5. The van der Waals surface area contributed by atoms with Gasteiger partial charge in [0.15, 0.2) is 0 Å². The van der Waals surface area contributed by atoms with E-state index in [1.807, 2.05) is 24.4 Å². The van der Waals surface area contributed by atoms with E-state index in [2.05, 4.69) is 16.0 Å². The van der Waals surface area contributed by atoms with Crippen LogP contribution in [0.25, 0.3) is 10.9 Å². The van der Waals surface area contributed by atoms with Crippen LogP contribution >= 0.6 is 22.9 Å². The molecule has 0 aliphatic carbocycles. The van der Waals surface area contributed by atoms with Gasteiger partial charge in [0.1, 0.15) is 5.75 Å². The summed E-state index contributed by atoms with van der Waals surface area (Å²) in [6.07, 6.45) is -0.0241. The molecule has 2 heterocycles. The zero-order valence-electron chi connectivity index (χ0n) is 12.8. The Morgan fingerprint density at radius 2 is 2.22 bits per heavy atom. The molecule has 0 atom stereocenters. The molecule has 2 aromatic heterocycles. The van der Waals surface area contributed by atoms with Crippen LogP contribution in [-0.4, -0.2) is 22.8 Å². The number of carboxylic acid groups (broad SMARTS) is 1. The largest absolute Gasteiger partial charge is 0.495 e. The van der Waals surface area contributed by atoms with Crippen molar-refractivity contribution in [1.29, 1.82) is 0 Å². The summed E-state index contributed by atoms with van der Waals surface area (Å²) < 4.78 is 7.39. The van der Waals surface area contributed by atoms with Crippen molar-refractivity contribution in [3.63, 3.8) is 0 Å². The highest BCUT2D eigenvalue weighted by molar-refractivity contribution is 7.07. The van der Waals surface area contributed by atoms with Crippen molar-refractivity contribution in [2.24, 2.45) is 0 Å². The van der Waals surface area contributed by atoms with E-state index >= 15 is 0 Å². The fourth-order valence-corrected chi connectivity index (χ4v) is 3.74. The molecule has 0 saturated heterocycles. The number of hydrogen-bond donors (Lipinski definition) is 1. The average molecular weight is 350 g/mol. The monoisotopic (exact) mass is 349 g/mol. The van der Waals surface area contributed by atoms with E-state index < -0.39 is 5.97 Å². The van der Waals surface area contributed by atoms with Crippen LogP contribution in [0.2, 0.25) is 5.02 Å². The molecule has 0 fully saturated rings. The minimum atomic E-state index is -0.850. The number of aliphatic carboxylic acids is 1. The van der Waals surface area contributed by atoms with Crippen LogP contribution in [0, 0.1) is 6.92 Å². The van der Waals surface area contributed by atoms with Gasteiger partial charge in [-0.1, -0.05) is 11.6 Å². The number of fused-ring (bicyclic) bond motifs is 1. The molecule has 3 rings (SSSR count). The second-order valence-corrected chi connectivity index (χ2v) is 6.54. The van der Waals surface area contributed by atoms with E-state index in [4.69, 9.17) is 16.3 Å². The number of carboxylic acids is 1. The molecule has 0 aliphatic rings. The first-order valence-corrected chi connectivity index (χ1v) is 8.41. The van der Waals surface area contributed by atoms with Gasteiger partial charge in [-0.25, -0.2) is 0 Å². The minimum absolute atomic E-state index is 0.0241. The quantitative estimate of drug-likeness (QED) is 0.745. The van der Waals surface area contributed by atoms with E-state index in [1.54, 1.807) is 18.4 Å². The SMILES string of the molecule is COc1cc2c(CC(=O)O)c(C)n(Cc3ccsc3)c2cc1Cl. The molecule has 0 amide bonds. The van der Waals surface area contributed by atoms with Gasteiger partial charge in [-0.3, -0.25) is 4.79 Å². The lowest BCUT2D eigenvalue weighted by atomic mass is 10.1. The maximum Gasteiger partial charge on any atom is 0.307 e. The summed E-state index contributed by atoms with van der Waals surface area (Å²) in [7, 11) is 1.55. The first-order chi connectivity index (χ1) is 11.0. The van der Waals surface area contributed by atoms with Gasteiger partial charge in [0, 0.05) is 17.6 Å². The number of methoxy groups -OCH3 is 1. The summed E-state index contributed by atoms with van der Waals surface area (Å²) in [4.78, 5) is 11.2. The average Bonchev–Trinajstić information content (AvgIpc) is 3.09. The molecule has 1 aromatic carbocycles. The Morgan fingerprint density at radius 1 is 1.43 bits per heavy atom. The summed E-state index contributed by atoms with van der Waals surface area (Å²) in [5, 5.41) is 14.8. The fraction of sp³-hybridized carbons (Fsp3) is 0.235. The molecule has 120 valence electrons. The maximum absolute atomic E-state index is 11.2. The van der Waals surface area contributed by atoms with Gasteiger partial charge in [-0.05, 0) is 47.0 Å². The molecule has 3 aromatic rings. The van der Waals surface area contributed by atoms with Gasteiger partial charge < -0.3 is 14.4 Å². The normalized spacial score (nSPS) is 11.1. The van der Waals surface area contributed by atoms with Crippen molar-refractivity contribution >= 4 is 39.8 Å². The molecule has 6 heteroatoms. The maximum atomic E-state index is 11.2. The van der Waals surface area contributed by atoms with Gasteiger partial charge in [0.05, 0.1) is 24.1 Å². The van der Waals surface area contributed by atoms with Crippen LogP contribution in [0.5, 0.6) is 5.75 Å². The van der Waals surface area contributed by atoms with Crippen LogP contribution in [0.1, 0.15) is 16.8 Å². The van der Waals surface area contributed by atoms with Gasteiger partial charge in [0.2, 0.25) is 0 Å². The van der Waals surface area contributed by atoms with Crippen molar-refractivity contribution < 1.29 is 14.6 Å². The highest BCUT2D eigenvalue weighted by Crippen LogP contribution is 2.35. The first kappa shape index (κ1) is 15.9. The van der Waals surface area contributed by atoms with Crippen LogP contribution in [0.3, 0.4) is 0 Å². The topological polar surface area (TPSA) is 51.5 Å². The molecule has 0 saturated carbocycles. The van der Waals surface area contributed by atoms with Gasteiger partial charge in [-0.2, -0.15) is 11.3 Å². The molecule has 4 nitrogen and oxygen atoms in total. The Hall–Kier alpha value is -1.98. The third kappa shape index (κ3) is 2.94. The van der Waals surface area contributed by atoms with Gasteiger partial charge in [0.25, 0.3) is 0 Å². The molecule has 0 unspecified atom stereocenters. The van der Waals surface area contributed by atoms with Crippen molar-refractivity contribution in [2.75, 3.05) is 7.11 Å². The molecule has 0 spiro atoms. The van der Waals surface area contributed by atoms with Crippen molar-refractivity contribution in [3.05, 3.63) is 50.8 Å². The lowest BCUT2D eigenvalue weighted by Gasteiger charge is -2.08. The predicted octanol–water partition coefficient (Wildman–Crippen LogP) is 4.35. The number of nitrogens with zero attached hydrogens (tertiary/aromatic N) is 1. The zero-order chi connectivity index (χ0) is 16.6. The number of halogens is 1. The fourth-order valence-electron chi connectivity index (χ4n) is 2.85. The standard InChI is InChI=1S/C17H16ClNO3S/c1-10-12(6-17(20)21)13-5-16(22-2)14(18)7-15(13)19(10)8-11-3-4-23-9-11/h3-5,7,9H,6,8H2,1-2H3,(H,20,21). The smallest absolute Gasteiger partial charge is 0.307 e. The Bertz CT molecular complexity index is 868. The predicted molar refractivity (Wildman–Crippen MR) is 93.0 cm³/mol. The van der Waals surface area contributed by atoms with Crippen LogP contribution in [0.4, 0.5) is 0 Å². The molecular weight excluding hydrogens is 334 g/mol. The van der Waals surface area contributed by atoms with Crippen molar-refractivity contribution in [1.82, 2.24) is 4.57 Å². The summed E-state index contributed by atoms with van der Waals surface area (Å²) in [6.45, 7) is 2.64. The number of rotatable bonds is 5. The van der Waals surface area contributed by atoms with E-state index in [-0.39, 0.29) is 6.42 Å². The third-order valence-corrected chi connectivity index (χ3v) is 5.00. The van der Waals surface area contributed by atoms with Crippen LogP contribution < -0.4 is 4.74 Å². The number of hydrogen-bond acceptors (Lipinski definition) is 3. The number of aromatic nitrogens is 1. The van der Waals surface area contributed by atoms with Crippen molar-refractivity contribution in [3.8, 4) is 5.75 Å². The first-order valence-electron chi connectivity index (χ1n) is 7.09. The third-order valence-electron chi connectivity index (χ3n) is 3.98. The second kappa shape index (κ2) is 6.26. The second-order valence-electron chi connectivity index (χ2n) is 5.36. The Labute approximate surface area is 142 Å². The minimum Gasteiger partial charge on any atom is -0.495 e. The summed E-state index contributed by atoms with van der Waals surface area (Å²) >= 11 is 7.92. The molecule has 0 radical (unpaired) electrons. The number of ether oxygens (including phenoxy) is 1. The summed E-state index contributed by atoms with van der Waals surface area (Å²) in [5.74, 6) is -0.296. The summed E-state index contributed by atoms with van der Waals surface area (Å²) in [6, 6.07) is 5.74. The lowest BCUT2D eigenvalue weighted by molar-refractivity contribution is -0.136. The van der Waals surface area contributed by atoms with Gasteiger partial charge in [-0.15, -0.1) is 0 Å². The number of carbonyl (C=O) groups is 1.